The molecule has 2 heterocycles. The van der Waals surface area contributed by atoms with E-state index in [2.05, 4.69) is 20.5 Å². The average Bonchev–Trinajstić information content (AvgIpc) is 3.23. The number of aliphatic hydroxyl groups is 1. The molecule has 0 saturated heterocycles. The van der Waals surface area contributed by atoms with E-state index in [0.717, 1.165) is 32.1 Å². The highest BCUT2D eigenvalue weighted by Crippen LogP contribution is 2.33. The van der Waals surface area contributed by atoms with Crippen LogP contribution in [-0.2, 0) is 0 Å². The third-order valence-electron chi connectivity index (χ3n) is 5.56. The molecular formula is C27H28N4O2S. The number of aliphatic hydroxyl groups excluding tert-OH is 1. The Labute approximate surface area is 203 Å². The Bertz CT molecular complexity index is 1310. The molecule has 174 valence electrons. The van der Waals surface area contributed by atoms with Gasteiger partial charge in [-0.2, -0.15) is 5.10 Å². The molecule has 0 unspecified atom stereocenters. The second-order valence-corrected chi connectivity index (χ2v) is 10.2. The Morgan fingerprint density at radius 3 is 2.65 bits per heavy atom. The van der Waals surface area contributed by atoms with Crippen LogP contribution in [0.1, 0.15) is 42.5 Å². The van der Waals surface area contributed by atoms with E-state index >= 15 is 0 Å². The summed E-state index contributed by atoms with van der Waals surface area (Å²) in [5, 5.41) is 21.2. The van der Waals surface area contributed by atoms with E-state index in [1.54, 1.807) is 6.20 Å². The fourth-order valence-electron chi connectivity index (χ4n) is 3.49. The molecule has 7 heteroatoms. The summed E-state index contributed by atoms with van der Waals surface area (Å²) in [5.41, 5.74) is 2.96. The Morgan fingerprint density at radius 2 is 1.91 bits per heavy atom. The first-order valence-corrected chi connectivity index (χ1v) is 11.9. The van der Waals surface area contributed by atoms with E-state index < -0.39 is 0 Å². The van der Waals surface area contributed by atoms with Gasteiger partial charge in [-0.3, -0.25) is 14.9 Å². The highest BCUT2D eigenvalue weighted by Gasteiger charge is 2.26. The molecule has 2 aromatic heterocycles. The number of fused-ring (bicyclic) bond motifs is 1. The van der Waals surface area contributed by atoms with Gasteiger partial charge < -0.3 is 10.4 Å². The van der Waals surface area contributed by atoms with Crippen molar-refractivity contribution in [3.63, 3.8) is 0 Å². The number of nitrogens with zero attached hydrogens (tertiary/aromatic N) is 2. The van der Waals surface area contributed by atoms with Crippen LogP contribution in [0.15, 0.2) is 76.7 Å². The molecule has 0 radical (unpaired) electrons. The van der Waals surface area contributed by atoms with Crippen molar-refractivity contribution >= 4 is 40.7 Å². The lowest BCUT2D eigenvalue weighted by Gasteiger charge is -2.30. The minimum Gasteiger partial charge on any atom is -0.394 e. The largest absolute Gasteiger partial charge is 0.394 e. The predicted octanol–water partition coefficient (Wildman–Crippen LogP) is 5.42. The van der Waals surface area contributed by atoms with Crippen LogP contribution in [0.5, 0.6) is 0 Å². The van der Waals surface area contributed by atoms with E-state index in [9.17, 15) is 9.90 Å². The van der Waals surface area contributed by atoms with Crippen LogP contribution in [0.2, 0.25) is 0 Å². The summed E-state index contributed by atoms with van der Waals surface area (Å²) >= 11 is 1.52. The van der Waals surface area contributed by atoms with Crippen molar-refractivity contribution in [1.29, 1.82) is 0 Å². The number of rotatable bonds is 7. The number of benzene rings is 2. The number of H-pyrrole nitrogens is 1. The smallest absolute Gasteiger partial charge is 0.252 e. The summed E-state index contributed by atoms with van der Waals surface area (Å²) in [6.45, 7) is 5.87. The van der Waals surface area contributed by atoms with Crippen LogP contribution < -0.4 is 5.32 Å². The van der Waals surface area contributed by atoms with Crippen molar-refractivity contribution in [3.8, 4) is 0 Å². The highest BCUT2D eigenvalue weighted by atomic mass is 32.2. The molecule has 0 aliphatic heterocycles. The second-order valence-electron chi connectivity index (χ2n) is 9.08. The minimum absolute atomic E-state index is 0.113. The lowest BCUT2D eigenvalue weighted by molar-refractivity contribution is 0.0845. The van der Waals surface area contributed by atoms with Crippen LogP contribution >= 0.6 is 11.8 Å². The van der Waals surface area contributed by atoms with Gasteiger partial charge >= 0.3 is 0 Å². The summed E-state index contributed by atoms with van der Waals surface area (Å²) in [5.74, 6) is -0.193. The summed E-state index contributed by atoms with van der Waals surface area (Å²) < 4.78 is 0. The average molecular weight is 473 g/mol. The third kappa shape index (κ3) is 5.55. The maximum absolute atomic E-state index is 13.0. The molecule has 0 aliphatic rings. The highest BCUT2D eigenvalue weighted by molar-refractivity contribution is 7.99. The zero-order chi connectivity index (χ0) is 24.1. The molecule has 1 atom stereocenters. The van der Waals surface area contributed by atoms with Gasteiger partial charge in [0, 0.05) is 21.4 Å². The first-order valence-electron chi connectivity index (χ1n) is 11.1. The summed E-state index contributed by atoms with van der Waals surface area (Å²) in [7, 11) is 0. The maximum Gasteiger partial charge on any atom is 0.252 e. The van der Waals surface area contributed by atoms with Gasteiger partial charge in [0.25, 0.3) is 5.91 Å². The molecule has 0 saturated carbocycles. The lowest BCUT2D eigenvalue weighted by atomic mass is 9.87. The fraction of sp³-hybridized carbons (Fsp3) is 0.222. The zero-order valence-corrected chi connectivity index (χ0v) is 20.3. The number of aromatic amines is 1. The number of amides is 1. The van der Waals surface area contributed by atoms with Crippen molar-refractivity contribution in [2.24, 2.45) is 5.41 Å². The van der Waals surface area contributed by atoms with Crippen LogP contribution in [-0.4, -0.2) is 38.8 Å². The topological polar surface area (TPSA) is 90.9 Å². The van der Waals surface area contributed by atoms with E-state index in [-0.39, 0.29) is 24.0 Å². The zero-order valence-electron chi connectivity index (χ0n) is 19.4. The Kier molecular flexibility index (Phi) is 7.14. The van der Waals surface area contributed by atoms with Crippen LogP contribution in [0, 0.1) is 5.41 Å². The molecule has 4 rings (SSSR count). The van der Waals surface area contributed by atoms with Crippen molar-refractivity contribution in [1.82, 2.24) is 20.5 Å². The third-order valence-corrected chi connectivity index (χ3v) is 6.62. The summed E-state index contributed by atoms with van der Waals surface area (Å²) in [4.78, 5) is 19.2. The lowest BCUT2D eigenvalue weighted by Crippen LogP contribution is -2.46. The van der Waals surface area contributed by atoms with E-state index in [4.69, 9.17) is 0 Å². The van der Waals surface area contributed by atoms with Crippen LogP contribution in [0.25, 0.3) is 23.1 Å². The van der Waals surface area contributed by atoms with Crippen molar-refractivity contribution in [2.45, 2.75) is 36.6 Å². The van der Waals surface area contributed by atoms with Crippen molar-refractivity contribution in [2.75, 3.05) is 6.61 Å². The molecule has 0 fully saturated rings. The number of aromatic nitrogens is 3. The molecule has 34 heavy (non-hydrogen) atoms. The van der Waals surface area contributed by atoms with Gasteiger partial charge in [-0.1, -0.05) is 50.7 Å². The molecule has 6 nitrogen and oxygen atoms in total. The molecule has 0 spiro atoms. The SMILES string of the molecule is CC(C)(C)[C@H](CO)NC(=O)c1ccccc1Sc1ccc2c(/C=C/c3ccccn3)n[nH]c2c1. The number of carbonyl (C=O) groups is 1. The normalized spacial score (nSPS) is 12.8. The van der Waals surface area contributed by atoms with Gasteiger partial charge in [0.1, 0.15) is 0 Å². The van der Waals surface area contributed by atoms with Crippen LogP contribution in [0.4, 0.5) is 0 Å². The molecule has 4 aromatic rings. The van der Waals surface area contributed by atoms with Gasteiger partial charge in [-0.15, -0.1) is 0 Å². The fourth-order valence-corrected chi connectivity index (χ4v) is 4.48. The molecule has 3 N–H and O–H groups in total. The molecular weight excluding hydrogens is 444 g/mol. The number of pyridine rings is 1. The van der Waals surface area contributed by atoms with Gasteiger partial charge in [0.15, 0.2) is 0 Å². The van der Waals surface area contributed by atoms with E-state index in [0.29, 0.717) is 5.56 Å². The number of nitrogens with one attached hydrogen (secondary N) is 2. The Hall–Kier alpha value is -3.42. The number of hydrogen-bond acceptors (Lipinski definition) is 5. The van der Waals surface area contributed by atoms with Gasteiger partial charge in [-0.25, -0.2) is 0 Å². The Balaban J connectivity index is 1.54. The summed E-state index contributed by atoms with van der Waals surface area (Å²) in [6.07, 6.45) is 5.64. The molecule has 1 amide bonds. The molecule has 0 bridgehead atoms. The molecule has 0 aliphatic carbocycles. The quantitative estimate of drug-likeness (QED) is 0.334. The first kappa shape index (κ1) is 23.7. The van der Waals surface area contributed by atoms with Gasteiger partial charge in [0.05, 0.1) is 35.1 Å². The van der Waals surface area contributed by atoms with Crippen molar-refractivity contribution in [3.05, 3.63) is 83.8 Å². The Morgan fingerprint density at radius 1 is 1.12 bits per heavy atom. The monoisotopic (exact) mass is 472 g/mol. The maximum atomic E-state index is 13.0. The minimum atomic E-state index is -0.336. The van der Waals surface area contributed by atoms with Crippen LogP contribution in [0.3, 0.4) is 0 Å². The summed E-state index contributed by atoms with van der Waals surface area (Å²) in [6, 6.07) is 19.0. The van der Waals surface area contributed by atoms with Crippen molar-refractivity contribution < 1.29 is 9.90 Å². The number of carbonyl (C=O) groups excluding carboxylic acids is 1. The predicted molar refractivity (Wildman–Crippen MR) is 138 cm³/mol. The molecule has 2 aromatic carbocycles. The van der Waals surface area contributed by atoms with Gasteiger partial charge in [-0.05, 0) is 60.0 Å². The standard InChI is InChI=1S/C27H28N4O2S/c1-27(2,3)25(17-32)29-26(33)21-9-4-5-10-24(21)34-19-12-13-20-22(30-31-23(20)16-19)14-11-18-8-6-7-15-28-18/h4-16,25,32H,17H2,1-3H3,(H,29,33)(H,30,31)/b14-11+/t25-/m0/s1. The van der Waals surface area contributed by atoms with E-state index in [1.165, 1.54) is 11.8 Å². The number of hydrogen-bond donors (Lipinski definition) is 3. The van der Waals surface area contributed by atoms with E-state index in [1.807, 2.05) is 93.6 Å². The second kappa shape index (κ2) is 10.2. The van der Waals surface area contributed by atoms with Gasteiger partial charge in [0.2, 0.25) is 0 Å². The first-order chi connectivity index (χ1) is 16.3.